The van der Waals surface area contributed by atoms with Gasteiger partial charge in [-0.1, -0.05) is 19.8 Å². The number of nitrogens with zero attached hydrogens (tertiary/aromatic N) is 1. The van der Waals surface area contributed by atoms with Crippen molar-refractivity contribution in [1.82, 2.24) is 0 Å². The van der Waals surface area contributed by atoms with Crippen molar-refractivity contribution in [3.05, 3.63) is 0 Å². The van der Waals surface area contributed by atoms with Gasteiger partial charge in [-0.25, -0.2) is 0 Å². The van der Waals surface area contributed by atoms with Gasteiger partial charge in [0.05, 0.1) is 12.0 Å². The zero-order chi connectivity index (χ0) is 13.8. The SMILES string of the molecule is CCCCC(C#N)COC(=O)CCCCC(=O)O. The number of carbonyl (C=O) groups is 2. The molecule has 1 unspecified atom stereocenters. The minimum atomic E-state index is -0.854. The number of nitriles is 1. The highest BCUT2D eigenvalue weighted by atomic mass is 16.5. The second-order valence-corrected chi connectivity index (χ2v) is 4.25. The van der Waals surface area contributed by atoms with Crippen molar-refractivity contribution in [2.45, 2.75) is 51.9 Å². The Kier molecular flexibility index (Phi) is 9.65. The zero-order valence-corrected chi connectivity index (χ0v) is 10.9. The third-order valence-corrected chi connectivity index (χ3v) is 2.56. The molecule has 0 amide bonds. The van der Waals surface area contributed by atoms with E-state index < -0.39 is 5.97 Å². The molecule has 0 aromatic heterocycles. The molecule has 0 aliphatic rings. The maximum Gasteiger partial charge on any atom is 0.305 e. The maximum absolute atomic E-state index is 11.3. The number of hydrogen-bond donors (Lipinski definition) is 1. The molecule has 1 atom stereocenters. The van der Waals surface area contributed by atoms with Crippen LogP contribution < -0.4 is 0 Å². The van der Waals surface area contributed by atoms with E-state index in [-0.39, 0.29) is 31.3 Å². The monoisotopic (exact) mass is 255 g/mol. The minimum absolute atomic E-state index is 0.0740. The molecule has 0 bridgehead atoms. The van der Waals surface area contributed by atoms with Gasteiger partial charge in [0, 0.05) is 12.8 Å². The third-order valence-electron chi connectivity index (χ3n) is 2.56. The number of hydrogen-bond acceptors (Lipinski definition) is 4. The van der Waals surface area contributed by atoms with Crippen molar-refractivity contribution in [1.29, 1.82) is 5.26 Å². The van der Waals surface area contributed by atoms with E-state index in [1.807, 2.05) is 6.92 Å². The summed E-state index contributed by atoms with van der Waals surface area (Å²) in [6, 6.07) is 2.12. The summed E-state index contributed by atoms with van der Waals surface area (Å²) < 4.78 is 4.99. The van der Waals surface area contributed by atoms with E-state index in [1.54, 1.807) is 0 Å². The lowest BCUT2D eigenvalue weighted by molar-refractivity contribution is -0.145. The molecule has 102 valence electrons. The summed E-state index contributed by atoms with van der Waals surface area (Å²) in [5.74, 6) is -1.43. The predicted octanol–water partition coefficient (Wildman–Crippen LogP) is 2.50. The van der Waals surface area contributed by atoms with Crippen LogP contribution >= 0.6 is 0 Å². The predicted molar refractivity (Wildman–Crippen MR) is 65.7 cm³/mol. The Morgan fingerprint density at radius 3 is 2.50 bits per heavy atom. The number of unbranched alkanes of at least 4 members (excludes halogenated alkanes) is 2. The largest absolute Gasteiger partial charge is 0.481 e. The van der Waals surface area contributed by atoms with Crippen LogP contribution in [0.1, 0.15) is 51.9 Å². The highest BCUT2D eigenvalue weighted by Gasteiger charge is 2.10. The maximum atomic E-state index is 11.3. The standard InChI is InChI=1S/C13H21NO4/c1-2-3-6-11(9-14)10-18-13(17)8-5-4-7-12(15)16/h11H,2-8,10H2,1H3,(H,15,16). The molecule has 0 aliphatic heterocycles. The molecule has 0 aromatic rings. The molecule has 0 aliphatic carbocycles. The Morgan fingerprint density at radius 1 is 1.28 bits per heavy atom. The van der Waals surface area contributed by atoms with Gasteiger partial charge in [0.2, 0.25) is 0 Å². The van der Waals surface area contributed by atoms with E-state index in [1.165, 1.54) is 0 Å². The summed E-state index contributed by atoms with van der Waals surface area (Å²) in [5.41, 5.74) is 0. The number of esters is 1. The number of carbonyl (C=O) groups excluding carboxylic acids is 1. The molecule has 0 saturated carbocycles. The van der Waals surface area contributed by atoms with Crippen molar-refractivity contribution < 1.29 is 19.4 Å². The molecule has 5 nitrogen and oxygen atoms in total. The number of carboxylic acids is 1. The Morgan fingerprint density at radius 2 is 1.94 bits per heavy atom. The van der Waals surface area contributed by atoms with Gasteiger partial charge in [-0.2, -0.15) is 5.26 Å². The highest BCUT2D eigenvalue weighted by molar-refractivity contribution is 5.69. The smallest absolute Gasteiger partial charge is 0.305 e. The third kappa shape index (κ3) is 9.64. The first kappa shape index (κ1) is 16.4. The summed E-state index contributed by atoms with van der Waals surface area (Å²) >= 11 is 0. The van der Waals surface area contributed by atoms with Crippen LogP contribution in [0.2, 0.25) is 0 Å². The molecular weight excluding hydrogens is 234 g/mol. The van der Waals surface area contributed by atoms with Crippen molar-refractivity contribution >= 4 is 11.9 Å². The first-order valence-corrected chi connectivity index (χ1v) is 6.37. The van der Waals surface area contributed by atoms with Gasteiger partial charge in [-0.3, -0.25) is 9.59 Å². The Bertz CT molecular complexity index is 296. The van der Waals surface area contributed by atoms with E-state index in [0.717, 1.165) is 19.3 Å². The summed E-state index contributed by atoms with van der Waals surface area (Å²) in [6.07, 6.45) is 4.00. The fourth-order valence-corrected chi connectivity index (χ4v) is 1.45. The van der Waals surface area contributed by atoms with E-state index in [2.05, 4.69) is 6.07 Å². The second-order valence-electron chi connectivity index (χ2n) is 4.25. The zero-order valence-electron chi connectivity index (χ0n) is 10.9. The molecule has 0 heterocycles. The van der Waals surface area contributed by atoms with Gasteiger partial charge < -0.3 is 9.84 Å². The van der Waals surface area contributed by atoms with Crippen LogP contribution in [0, 0.1) is 17.2 Å². The molecule has 0 fully saturated rings. The van der Waals surface area contributed by atoms with E-state index in [9.17, 15) is 9.59 Å². The quantitative estimate of drug-likeness (QED) is 0.478. The van der Waals surface area contributed by atoms with E-state index >= 15 is 0 Å². The summed E-state index contributed by atoms with van der Waals surface area (Å²) in [4.78, 5) is 21.5. The number of carboxylic acid groups (broad SMARTS) is 1. The number of rotatable bonds is 10. The van der Waals surface area contributed by atoms with Crippen LogP contribution in [0.5, 0.6) is 0 Å². The second kappa shape index (κ2) is 10.6. The molecule has 0 spiro atoms. The first-order valence-electron chi connectivity index (χ1n) is 6.37. The van der Waals surface area contributed by atoms with Gasteiger partial charge in [0.1, 0.15) is 6.61 Å². The molecular formula is C13H21NO4. The Labute approximate surface area is 108 Å². The van der Waals surface area contributed by atoms with Crippen LogP contribution in [-0.4, -0.2) is 23.7 Å². The van der Waals surface area contributed by atoms with Crippen LogP contribution in [-0.2, 0) is 14.3 Å². The topological polar surface area (TPSA) is 87.4 Å². The lowest BCUT2D eigenvalue weighted by atomic mass is 10.1. The van der Waals surface area contributed by atoms with E-state index in [4.69, 9.17) is 15.1 Å². The minimum Gasteiger partial charge on any atom is -0.481 e. The molecule has 1 N–H and O–H groups in total. The Balaban J connectivity index is 3.62. The van der Waals surface area contributed by atoms with Crippen molar-refractivity contribution in [2.75, 3.05) is 6.61 Å². The van der Waals surface area contributed by atoms with Crippen LogP contribution in [0.15, 0.2) is 0 Å². The molecule has 18 heavy (non-hydrogen) atoms. The van der Waals surface area contributed by atoms with Crippen LogP contribution in [0.3, 0.4) is 0 Å². The summed E-state index contributed by atoms with van der Waals surface area (Å²) in [5, 5.41) is 17.3. The first-order chi connectivity index (χ1) is 8.60. The molecule has 5 heteroatoms. The van der Waals surface area contributed by atoms with Gasteiger partial charge >= 0.3 is 11.9 Å². The van der Waals surface area contributed by atoms with Crippen molar-refractivity contribution in [3.8, 4) is 6.07 Å². The lowest BCUT2D eigenvalue weighted by Crippen LogP contribution is -2.13. The molecule has 0 rings (SSSR count). The van der Waals surface area contributed by atoms with Gasteiger partial charge in [0.15, 0.2) is 0 Å². The number of ether oxygens (including phenoxy) is 1. The normalized spacial score (nSPS) is 11.6. The van der Waals surface area contributed by atoms with E-state index in [0.29, 0.717) is 12.8 Å². The van der Waals surface area contributed by atoms with Gasteiger partial charge in [-0.05, 0) is 19.3 Å². The van der Waals surface area contributed by atoms with Gasteiger partial charge in [-0.15, -0.1) is 0 Å². The average molecular weight is 255 g/mol. The van der Waals surface area contributed by atoms with Crippen LogP contribution in [0.25, 0.3) is 0 Å². The highest BCUT2D eigenvalue weighted by Crippen LogP contribution is 2.09. The number of aliphatic carboxylic acids is 1. The van der Waals surface area contributed by atoms with Crippen LogP contribution in [0.4, 0.5) is 0 Å². The lowest BCUT2D eigenvalue weighted by Gasteiger charge is -2.09. The average Bonchev–Trinajstić information content (AvgIpc) is 2.34. The molecule has 0 aromatic carbocycles. The molecule has 0 radical (unpaired) electrons. The fourth-order valence-electron chi connectivity index (χ4n) is 1.45. The summed E-state index contributed by atoms with van der Waals surface area (Å²) in [6.45, 7) is 2.19. The van der Waals surface area contributed by atoms with Crippen molar-refractivity contribution in [3.63, 3.8) is 0 Å². The van der Waals surface area contributed by atoms with Crippen molar-refractivity contribution in [2.24, 2.45) is 5.92 Å². The Hall–Kier alpha value is -1.57. The van der Waals surface area contributed by atoms with Gasteiger partial charge in [0.25, 0.3) is 0 Å². The summed E-state index contributed by atoms with van der Waals surface area (Å²) in [7, 11) is 0. The molecule has 0 saturated heterocycles. The fraction of sp³-hybridized carbons (Fsp3) is 0.769.